The largest absolute Gasteiger partial charge is 0.358 e. The molecule has 0 aromatic carbocycles. The maximum Gasteiger partial charge on any atom is 0.233 e. The fourth-order valence-corrected chi connectivity index (χ4v) is 1.80. The molecule has 1 N–H and O–H groups in total. The number of ketones is 1. The highest BCUT2D eigenvalue weighted by Crippen LogP contribution is 2.18. The Hall–Kier alpha value is -0.900. The SMILES string of the molecule is CNC(=O)CN(C)C1CCC(=O)CC1. The van der Waals surface area contributed by atoms with Crippen LogP contribution in [0, 0.1) is 0 Å². The van der Waals surface area contributed by atoms with Crippen LogP contribution in [-0.4, -0.2) is 43.3 Å². The molecule has 1 rings (SSSR count). The van der Waals surface area contributed by atoms with Crippen molar-refractivity contribution in [2.75, 3.05) is 20.6 Å². The van der Waals surface area contributed by atoms with Crippen molar-refractivity contribution < 1.29 is 9.59 Å². The summed E-state index contributed by atoms with van der Waals surface area (Å²) in [6, 6.07) is 0.394. The molecular formula is C10H18N2O2. The van der Waals surface area contributed by atoms with Crippen molar-refractivity contribution >= 4 is 11.7 Å². The van der Waals surface area contributed by atoms with E-state index in [1.807, 2.05) is 11.9 Å². The van der Waals surface area contributed by atoms with Crippen molar-refractivity contribution in [3.05, 3.63) is 0 Å². The van der Waals surface area contributed by atoms with Crippen molar-refractivity contribution in [2.24, 2.45) is 0 Å². The highest BCUT2D eigenvalue weighted by atomic mass is 16.2. The Labute approximate surface area is 84.7 Å². The molecule has 4 nitrogen and oxygen atoms in total. The molecule has 1 aliphatic carbocycles. The van der Waals surface area contributed by atoms with Gasteiger partial charge in [-0.05, 0) is 19.9 Å². The number of amides is 1. The summed E-state index contributed by atoms with van der Waals surface area (Å²) in [5, 5.41) is 2.60. The molecule has 0 aromatic heterocycles. The van der Waals surface area contributed by atoms with Crippen LogP contribution in [0.15, 0.2) is 0 Å². The van der Waals surface area contributed by atoms with Crippen LogP contribution in [0.25, 0.3) is 0 Å². The molecule has 0 spiro atoms. The number of carbonyl (C=O) groups excluding carboxylic acids is 2. The minimum atomic E-state index is 0.0319. The lowest BCUT2D eigenvalue weighted by atomic mass is 9.93. The van der Waals surface area contributed by atoms with Gasteiger partial charge in [0.2, 0.25) is 5.91 Å². The number of hydrogen-bond donors (Lipinski definition) is 1. The van der Waals surface area contributed by atoms with Gasteiger partial charge in [0.25, 0.3) is 0 Å². The first-order valence-corrected chi connectivity index (χ1v) is 5.06. The van der Waals surface area contributed by atoms with Gasteiger partial charge in [0.05, 0.1) is 6.54 Å². The maximum atomic E-state index is 11.1. The number of carbonyl (C=O) groups is 2. The summed E-state index contributed by atoms with van der Waals surface area (Å²) >= 11 is 0. The Morgan fingerprint density at radius 1 is 1.50 bits per heavy atom. The second kappa shape index (κ2) is 5.10. The molecule has 80 valence electrons. The van der Waals surface area contributed by atoms with E-state index >= 15 is 0 Å². The molecule has 0 atom stereocenters. The predicted octanol–water partition coefficient (Wildman–Crippen LogP) is 0.176. The Balaban J connectivity index is 2.33. The molecule has 0 unspecified atom stereocenters. The van der Waals surface area contributed by atoms with Crippen molar-refractivity contribution in [1.82, 2.24) is 10.2 Å². The third kappa shape index (κ3) is 3.10. The Morgan fingerprint density at radius 2 is 2.07 bits per heavy atom. The molecule has 0 aromatic rings. The van der Waals surface area contributed by atoms with E-state index in [4.69, 9.17) is 0 Å². The molecule has 0 radical (unpaired) electrons. The van der Waals surface area contributed by atoms with Gasteiger partial charge in [0.1, 0.15) is 5.78 Å². The number of nitrogens with zero attached hydrogens (tertiary/aromatic N) is 1. The van der Waals surface area contributed by atoms with Gasteiger partial charge in [-0.15, -0.1) is 0 Å². The van der Waals surface area contributed by atoms with Crippen LogP contribution in [0.3, 0.4) is 0 Å². The first-order valence-electron chi connectivity index (χ1n) is 5.06. The van der Waals surface area contributed by atoms with Gasteiger partial charge in [0, 0.05) is 25.9 Å². The van der Waals surface area contributed by atoms with Gasteiger partial charge < -0.3 is 5.32 Å². The highest BCUT2D eigenvalue weighted by Gasteiger charge is 2.22. The second-order valence-electron chi connectivity index (χ2n) is 3.86. The standard InChI is InChI=1S/C10H18N2O2/c1-11-10(14)7-12(2)8-3-5-9(13)6-4-8/h8H,3-7H2,1-2H3,(H,11,14). The van der Waals surface area contributed by atoms with Crippen LogP contribution >= 0.6 is 0 Å². The first kappa shape index (κ1) is 11.2. The zero-order valence-electron chi connectivity index (χ0n) is 8.88. The van der Waals surface area contributed by atoms with Gasteiger partial charge in [-0.1, -0.05) is 0 Å². The summed E-state index contributed by atoms with van der Waals surface area (Å²) in [6.07, 6.45) is 3.13. The van der Waals surface area contributed by atoms with E-state index in [1.54, 1.807) is 7.05 Å². The van der Waals surface area contributed by atoms with E-state index in [-0.39, 0.29) is 5.91 Å². The maximum absolute atomic E-state index is 11.1. The van der Waals surface area contributed by atoms with Gasteiger partial charge in [-0.2, -0.15) is 0 Å². The second-order valence-corrected chi connectivity index (χ2v) is 3.86. The fraction of sp³-hybridized carbons (Fsp3) is 0.800. The van der Waals surface area contributed by atoms with Gasteiger partial charge in [-0.25, -0.2) is 0 Å². The summed E-state index contributed by atoms with van der Waals surface area (Å²) < 4.78 is 0. The lowest BCUT2D eigenvalue weighted by molar-refractivity contribution is -0.123. The zero-order valence-corrected chi connectivity index (χ0v) is 8.88. The molecular weight excluding hydrogens is 180 g/mol. The Morgan fingerprint density at radius 3 is 2.57 bits per heavy atom. The van der Waals surface area contributed by atoms with Gasteiger partial charge in [-0.3, -0.25) is 14.5 Å². The van der Waals surface area contributed by atoms with E-state index in [2.05, 4.69) is 5.32 Å². The number of likely N-dealkylation sites (N-methyl/N-ethyl adjacent to an activating group) is 2. The topological polar surface area (TPSA) is 49.4 Å². The van der Waals surface area contributed by atoms with E-state index in [0.29, 0.717) is 31.2 Å². The zero-order chi connectivity index (χ0) is 10.6. The fourth-order valence-electron chi connectivity index (χ4n) is 1.80. The first-order chi connectivity index (χ1) is 6.63. The third-order valence-corrected chi connectivity index (χ3v) is 2.81. The highest BCUT2D eigenvalue weighted by molar-refractivity contribution is 5.79. The van der Waals surface area contributed by atoms with E-state index in [0.717, 1.165) is 12.8 Å². The third-order valence-electron chi connectivity index (χ3n) is 2.81. The van der Waals surface area contributed by atoms with Crippen LogP contribution in [0.2, 0.25) is 0 Å². The van der Waals surface area contributed by atoms with E-state index in [1.165, 1.54) is 0 Å². The molecule has 14 heavy (non-hydrogen) atoms. The average molecular weight is 198 g/mol. The molecule has 4 heteroatoms. The van der Waals surface area contributed by atoms with Crippen molar-refractivity contribution in [2.45, 2.75) is 31.7 Å². The quantitative estimate of drug-likeness (QED) is 0.703. The summed E-state index contributed by atoms with van der Waals surface area (Å²) in [6.45, 7) is 0.426. The summed E-state index contributed by atoms with van der Waals surface area (Å²) in [7, 11) is 3.58. The molecule has 0 heterocycles. The van der Waals surface area contributed by atoms with Crippen LogP contribution in [-0.2, 0) is 9.59 Å². The molecule has 1 amide bonds. The number of nitrogens with one attached hydrogen (secondary N) is 1. The van der Waals surface area contributed by atoms with Crippen molar-refractivity contribution in [3.8, 4) is 0 Å². The van der Waals surface area contributed by atoms with Gasteiger partial charge >= 0.3 is 0 Å². The smallest absolute Gasteiger partial charge is 0.233 e. The molecule has 1 saturated carbocycles. The Kier molecular flexibility index (Phi) is 4.07. The summed E-state index contributed by atoms with van der Waals surface area (Å²) in [5.74, 6) is 0.388. The van der Waals surface area contributed by atoms with E-state index in [9.17, 15) is 9.59 Å². The van der Waals surface area contributed by atoms with Crippen molar-refractivity contribution in [3.63, 3.8) is 0 Å². The van der Waals surface area contributed by atoms with Crippen LogP contribution in [0.5, 0.6) is 0 Å². The summed E-state index contributed by atoms with van der Waals surface area (Å²) in [5.41, 5.74) is 0. The van der Waals surface area contributed by atoms with Gasteiger partial charge in [0.15, 0.2) is 0 Å². The lowest BCUT2D eigenvalue weighted by Crippen LogP contribution is -2.41. The molecule has 0 saturated heterocycles. The Bertz CT molecular complexity index is 218. The molecule has 1 fully saturated rings. The van der Waals surface area contributed by atoms with Crippen molar-refractivity contribution in [1.29, 1.82) is 0 Å². The number of hydrogen-bond acceptors (Lipinski definition) is 3. The average Bonchev–Trinajstić information content (AvgIpc) is 2.18. The lowest BCUT2D eigenvalue weighted by Gasteiger charge is -2.29. The van der Waals surface area contributed by atoms with Crippen LogP contribution in [0.4, 0.5) is 0 Å². The minimum absolute atomic E-state index is 0.0319. The summed E-state index contributed by atoms with van der Waals surface area (Å²) in [4.78, 5) is 24.2. The minimum Gasteiger partial charge on any atom is -0.358 e. The van der Waals surface area contributed by atoms with Crippen LogP contribution < -0.4 is 5.32 Å². The van der Waals surface area contributed by atoms with Crippen LogP contribution in [0.1, 0.15) is 25.7 Å². The molecule has 0 bridgehead atoms. The normalized spacial score (nSPS) is 18.6. The van der Waals surface area contributed by atoms with E-state index < -0.39 is 0 Å². The molecule has 1 aliphatic rings. The number of rotatable bonds is 3. The monoisotopic (exact) mass is 198 g/mol. The predicted molar refractivity (Wildman–Crippen MR) is 54.0 cm³/mol. The molecule has 0 aliphatic heterocycles. The number of Topliss-reactive ketones (excluding diaryl/α,β-unsaturated/α-hetero) is 1.